The summed E-state index contributed by atoms with van der Waals surface area (Å²) in [5, 5.41) is 3.74. The lowest BCUT2D eigenvalue weighted by Gasteiger charge is -2.20. The molecule has 94 valence electrons. The Balaban J connectivity index is 1.91. The van der Waals surface area contributed by atoms with Crippen molar-refractivity contribution in [2.75, 3.05) is 6.54 Å². The number of hydrogen-bond donors (Lipinski definition) is 1. The van der Waals surface area contributed by atoms with Crippen molar-refractivity contribution in [1.29, 1.82) is 0 Å². The molecule has 16 heavy (non-hydrogen) atoms. The first-order valence-electron chi connectivity index (χ1n) is 7.14. The third-order valence-corrected chi connectivity index (χ3v) is 5.58. The van der Waals surface area contributed by atoms with Crippen LogP contribution in [0, 0.1) is 22.7 Å². The molecule has 2 fully saturated rings. The van der Waals surface area contributed by atoms with Crippen LogP contribution in [0.15, 0.2) is 0 Å². The Kier molecular flexibility index (Phi) is 3.11. The summed E-state index contributed by atoms with van der Waals surface area (Å²) >= 11 is 0. The molecule has 0 heterocycles. The highest BCUT2D eigenvalue weighted by molar-refractivity contribution is 5.16. The van der Waals surface area contributed by atoms with Crippen LogP contribution in [-0.4, -0.2) is 12.6 Å². The Hall–Kier alpha value is -0.0400. The van der Waals surface area contributed by atoms with E-state index in [1.54, 1.807) is 0 Å². The number of rotatable bonds is 6. The zero-order valence-electron chi connectivity index (χ0n) is 11.8. The maximum absolute atomic E-state index is 3.74. The van der Waals surface area contributed by atoms with E-state index in [0.29, 0.717) is 10.8 Å². The summed E-state index contributed by atoms with van der Waals surface area (Å²) in [6.07, 6.45) is 5.85. The van der Waals surface area contributed by atoms with Crippen molar-refractivity contribution in [2.45, 2.75) is 66.3 Å². The largest absolute Gasteiger partial charge is 0.314 e. The van der Waals surface area contributed by atoms with Gasteiger partial charge in [0.15, 0.2) is 0 Å². The Morgan fingerprint density at radius 2 is 1.69 bits per heavy atom. The van der Waals surface area contributed by atoms with Crippen LogP contribution in [0.5, 0.6) is 0 Å². The SMILES string of the molecule is CCNC(CCC1CC1)C1C(C)(C)C1(C)C. The molecule has 1 heteroatoms. The molecule has 0 spiro atoms. The fourth-order valence-electron chi connectivity index (χ4n) is 3.72. The fraction of sp³-hybridized carbons (Fsp3) is 1.00. The monoisotopic (exact) mass is 223 g/mol. The normalized spacial score (nSPS) is 29.1. The van der Waals surface area contributed by atoms with Gasteiger partial charge in [0.2, 0.25) is 0 Å². The van der Waals surface area contributed by atoms with Gasteiger partial charge in [-0.25, -0.2) is 0 Å². The second-order valence-electron chi connectivity index (χ2n) is 7.11. The molecule has 0 aromatic heterocycles. The Morgan fingerprint density at radius 3 is 2.06 bits per heavy atom. The summed E-state index contributed by atoms with van der Waals surface area (Å²) in [6.45, 7) is 13.1. The molecule has 0 amide bonds. The van der Waals surface area contributed by atoms with E-state index >= 15 is 0 Å². The number of nitrogens with one attached hydrogen (secondary N) is 1. The first-order chi connectivity index (χ1) is 7.41. The molecule has 0 aromatic carbocycles. The van der Waals surface area contributed by atoms with E-state index in [1.165, 1.54) is 25.7 Å². The van der Waals surface area contributed by atoms with Crippen molar-refractivity contribution < 1.29 is 0 Å². The van der Waals surface area contributed by atoms with Crippen molar-refractivity contribution in [1.82, 2.24) is 5.32 Å². The summed E-state index contributed by atoms with van der Waals surface area (Å²) < 4.78 is 0. The van der Waals surface area contributed by atoms with Gasteiger partial charge in [0.05, 0.1) is 0 Å². The van der Waals surface area contributed by atoms with Gasteiger partial charge in [-0.2, -0.15) is 0 Å². The van der Waals surface area contributed by atoms with E-state index in [4.69, 9.17) is 0 Å². The summed E-state index contributed by atoms with van der Waals surface area (Å²) in [7, 11) is 0. The van der Waals surface area contributed by atoms with Crippen LogP contribution in [0.4, 0.5) is 0 Å². The quantitative estimate of drug-likeness (QED) is 0.721. The fourth-order valence-corrected chi connectivity index (χ4v) is 3.72. The molecule has 2 aliphatic rings. The molecule has 1 atom stereocenters. The summed E-state index contributed by atoms with van der Waals surface area (Å²) in [5.74, 6) is 1.95. The molecule has 2 saturated carbocycles. The van der Waals surface area contributed by atoms with Gasteiger partial charge in [0.25, 0.3) is 0 Å². The highest BCUT2D eigenvalue weighted by Crippen LogP contribution is 2.70. The molecule has 2 aliphatic carbocycles. The lowest BCUT2D eigenvalue weighted by molar-refractivity contribution is 0.369. The molecule has 2 rings (SSSR count). The standard InChI is InChI=1S/C15H29N/c1-6-16-12(10-9-11-7-8-11)13-14(2,3)15(13,4)5/h11-13,16H,6-10H2,1-5H3. The summed E-state index contributed by atoms with van der Waals surface area (Å²) in [6, 6.07) is 0.760. The first kappa shape index (κ1) is 12.4. The van der Waals surface area contributed by atoms with Crippen molar-refractivity contribution >= 4 is 0 Å². The molecule has 0 aliphatic heterocycles. The highest BCUT2D eigenvalue weighted by atomic mass is 15.0. The topological polar surface area (TPSA) is 12.0 Å². The Bertz CT molecular complexity index is 236. The molecule has 0 radical (unpaired) electrons. The van der Waals surface area contributed by atoms with Gasteiger partial charge in [-0.15, -0.1) is 0 Å². The third kappa shape index (κ3) is 2.03. The van der Waals surface area contributed by atoms with Gasteiger partial charge in [-0.3, -0.25) is 0 Å². The lowest BCUT2D eigenvalue weighted by atomic mass is 9.98. The van der Waals surface area contributed by atoms with Crippen molar-refractivity contribution in [2.24, 2.45) is 22.7 Å². The highest BCUT2D eigenvalue weighted by Gasteiger charge is 2.66. The van der Waals surface area contributed by atoms with Crippen LogP contribution < -0.4 is 5.32 Å². The van der Waals surface area contributed by atoms with Crippen molar-refractivity contribution in [3.05, 3.63) is 0 Å². The third-order valence-electron chi connectivity index (χ3n) is 5.58. The number of hydrogen-bond acceptors (Lipinski definition) is 1. The molecule has 1 N–H and O–H groups in total. The van der Waals surface area contributed by atoms with E-state index < -0.39 is 0 Å². The van der Waals surface area contributed by atoms with E-state index in [-0.39, 0.29) is 0 Å². The van der Waals surface area contributed by atoms with E-state index in [2.05, 4.69) is 39.9 Å². The first-order valence-corrected chi connectivity index (χ1v) is 7.14. The molecular formula is C15H29N. The van der Waals surface area contributed by atoms with Gasteiger partial charge in [0, 0.05) is 6.04 Å². The summed E-state index contributed by atoms with van der Waals surface area (Å²) in [4.78, 5) is 0. The van der Waals surface area contributed by atoms with Crippen LogP contribution >= 0.6 is 0 Å². The van der Waals surface area contributed by atoms with E-state index in [9.17, 15) is 0 Å². The molecule has 0 aromatic rings. The second kappa shape index (κ2) is 4.01. The molecule has 0 saturated heterocycles. The van der Waals surface area contributed by atoms with Gasteiger partial charge in [-0.05, 0) is 42.1 Å². The van der Waals surface area contributed by atoms with E-state index in [1.807, 2.05) is 0 Å². The predicted octanol–water partition coefficient (Wildman–Crippen LogP) is 3.84. The van der Waals surface area contributed by atoms with E-state index in [0.717, 1.165) is 24.4 Å². The average molecular weight is 223 g/mol. The molecule has 0 bridgehead atoms. The zero-order valence-corrected chi connectivity index (χ0v) is 11.8. The predicted molar refractivity (Wildman–Crippen MR) is 70.5 cm³/mol. The van der Waals surface area contributed by atoms with Crippen LogP contribution in [0.1, 0.15) is 60.3 Å². The smallest absolute Gasteiger partial charge is 0.0106 e. The van der Waals surface area contributed by atoms with Gasteiger partial charge in [0.1, 0.15) is 0 Å². The maximum atomic E-state index is 3.74. The average Bonchev–Trinajstić information content (AvgIpc) is 3.03. The molecule has 1 unspecified atom stereocenters. The van der Waals surface area contributed by atoms with Crippen molar-refractivity contribution in [3.63, 3.8) is 0 Å². The summed E-state index contributed by atoms with van der Waals surface area (Å²) in [5.41, 5.74) is 1.06. The molecular weight excluding hydrogens is 194 g/mol. The van der Waals surface area contributed by atoms with Crippen LogP contribution in [0.2, 0.25) is 0 Å². The Labute approximate surface area is 101 Å². The van der Waals surface area contributed by atoms with Gasteiger partial charge >= 0.3 is 0 Å². The Morgan fingerprint density at radius 1 is 1.12 bits per heavy atom. The lowest BCUT2D eigenvalue weighted by Crippen LogP contribution is -2.33. The minimum atomic E-state index is 0.531. The molecule has 1 nitrogen and oxygen atoms in total. The minimum absolute atomic E-state index is 0.531. The maximum Gasteiger partial charge on any atom is 0.0106 e. The van der Waals surface area contributed by atoms with Crippen molar-refractivity contribution in [3.8, 4) is 0 Å². The minimum Gasteiger partial charge on any atom is -0.314 e. The zero-order chi connectivity index (χ0) is 12.0. The van der Waals surface area contributed by atoms with Crippen LogP contribution in [0.25, 0.3) is 0 Å². The van der Waals surface area contributed by atoms with Gasteiger partial charge in [-0.1, -0.05) is 47.5 Å². The second-order valence-corrected chi connectivity index (χ2v) is 7.11. The van der Waals surface area contributed by atoms with Gasteiger partial charge < -0.3 is 5.32 Å². The van der Waals surface area contributed by atoms with Crippen LogP contribution in [0.3, 0.4) is 0 Å². The van der Waals surface area contributed by atoms with Crippen LogP contribution in [-0.2, 0) is 0 Å².